The number of aromatic nitrogens is 3. The number of rotatable bonds is 10. The average Bonchev–Trinajstić information content (AvgIpc) is 3.49. The van der Waals surface area contributed by atoms with Crippen LogP contribution in [0.2, 0.25) is 0 Å². The number of benzene rings is 1. The SMILES string of the molecule is Cc1nc(S(=O)(=O)N[C@@H]2CC[C@@H](CN3CCC4(CC3)CN(c3ncncc3Oc3ccc(F)cc3C(=O)N(C)C(C)C)C4)OC2)cs1. The number of aryl methyl sites for hydroxylation is 1. The molecule has 1 N–H and O–H groups in total. The molecule has 0 bridgehead atoms. The lowest BCUT2D eigenvalue weighted by molar-refractivity contribution is -0.0299. The van der Waals surface area contributed by atoms with Crippen LogP contribution in [0.5, 0.6) is 11.5 Å². The van der Waals surface area contributed by atoms with Crippen LogP contribution in [0.15, 0.2) is 41.1 Å². The number of carbonyl (C=O) groups excluding carboxylic acids is 1. The van der Waals surface area contributed by atoms with Crippen molar-refractivity contribution in [2.45, 2.75) is 69.7 Å². The summed E-state index contributed by atoms with van der Waals surface area (Å²) in [6, 6.07) is 3.64. The van der Waals surface area contributed by atoms with E-state index in [-0.39, 0.29) is 45.8 Å². The number of nitrogens with one attached hydrogen (secondary N) is 1. The van der Waals surface area contributed by atoms with Gasteiger partial charge in [-0.2, -0.15) is 0 Å². The zero-order valence-corrected chi connectivity index (χ0v) is 28.8. The minimum atomic E-state index is -3.64. The molecule has 12 nitrogen and oxygen atoms in total. The van der Waals surface area contributed by atoms with Gasteiger partial charge in [0, 0.05) is 49.6 Å². The third-order valence-electron chi connectivity index (χ3n) is 9.44. The van der Waals surface area contributed by atoms with Crippen LogP contribution >= 0.6 is 11.3 Å². The summed E-state index contributed by atoms with van der Waals surface area (Å²) < 4.78 is 54.5. The van der Waals surface area contributed by atoms with Gasteiger partial charge >= 0.3 is 0 Å². The van der Waals surface area contributed by atoms with Gasteiger partial charge in [-0.1, -0.05) is 0 Å². The lowest BCUT2D eigenvalue weighted by atomic mass is 9.72. The van der Waals surface area contributed by atoms with Gasteiger partial charge in [0.25, 0.3) is 15.9 Å². The molecule has 1 spiro atoms. The van der Waals surface area contributed by atoms with Gasteiger partial charge in [0.2, 0.25) is 0 Å². The number of hydrogen-bond acceptors (Lipinski definition) is 11. The Morgan fingerprint density at radius 2 is 2.00 bits per heavy atom. The number of amides is 1. The number of thiazole rings is 1. The summed E-state index contributed by atoms with van der Waals surface area (Å²) in [7, 11) is -1.96. The molecule has 3 aliphatic rings. The van der Waals surface area contributed by atoms with Crippen LogP contribution in [0.25, 0.3) is 0 Å². The molecule has 47 heavy (non-hydrogen) atoms. The third kappa shape index (κ3) is 7.59. The highest BCUT2D eigenvalue weighted by Gasteiger charge is 2.46. The number of ether oxygens (including phenoxy) is 2. The highest BCUT2D eigenvalue weighted by atomic mass is 32.2. The lowest BCUT2D eigenvalue weighted by Gasteiger charge is -2.54. The molecule has 1 amide bonds. The minimum Gasteiger partial charge on any atom is -0.451 e. The van der Waals surface area contributed by atoms with Crippen LogP contribution in [0.1, 0.15) is 54.9 Å². The van der Waals surface area contributed by atoms with E-state index >= 15 is 0 Å². The summed E-state index contributed by atoms with van der Waals surface area (Å²) in [6.07, 6.45) is 6.76. The lowest BCUT2D eigenvalue weighted by Crippen LogP contribution is -2.61. The molecule has 2 aromatic heterocycles. The van der Waals surface area contributed by atoms with Crippen molar-refractivity contribution in [2.24, 2.45) is 5.41 Å². The average molecular weight is 688 g/mol. The number of likely N-dealkylation sites (tertiary alicyclic amines) is 1. The largest absolute Gasteiger partial charge is 0.451 e. The molecule has 254 valence electrons. The Bertz CT molecular complexity index is 1680. The summed E-state index contributed by atoms with van der Waals surface area (Å²) in [5, 5.41) is 2.36. The van der Waals surface area contributed by atoms with Crippen LogP contribution in [-0.4, -0.2) is 104 Å². The Kier molecular flexibility index (Phi) is 9.81. The van der Waals surface area contributed by atoms with Crippen LogP contribution < -0.4 is 14.4 Å². The molecule has 0 radical (unpaired) electrons. The molecule has 5 heterocycles. The van der Waals surface area contributed by atoms with E-state index in [1.165, 1.54) is 35.9 Å². The predicted molar refractivity (Wildman–Crippen MR) is 176 cm³/mol. The number of sulfonamides is 1. The van der Waals surface area contributed by atoms with Crippen molar-refractivity contribution in [2.75, 3.05) is 51.3 Å². The van der Waals surface area contributed by atoms with Gasteiger partial charge in [-0.15, -0.1) is 11.3 Å². The summed E-state index contributed by atoms with van der Waals surface area (Å²) >= 11 is 1.32. The van der Waals surface area contributed by atoms with E-state index in [4.69, 9.17) is 9.47 Å². The Morgan fingerprint density at radius 3 is 2.66 bits per heavy atom. The molecular formula is C32H42FN7O5S2. The topological polar surface area (TPSA) is 130 Å². The normalized spacial score (nSPS) is 21.5. The Labute approximate surface area is 279 Å². The number of piperidine rings is 1. The molecule has 1 aromatic carbocycles. The van der Waals surface area contributed by atoms with Gasteiger partial charge in [0.05, 0.1) is 29.5 Å². The van der Waals surface area contributed by atoms with Crippen LogP contribution in [0, 0.1) is 18.2 Å². The molecule has 15 heteroatoms. The van der Waals surface area contributed by atoms with Crippen molar-refractivity contribution >= 4 is 33.1 Å². The van der Waals surface area contributed by atoms with E-state index in [0.29, 0.717) is 18.2 Å². The maximum absolute atomic E-state index is 14.2. The second-order valence-corrected chi connectivity index (χ2v) is 15.9. The first kappa shape index (κ1) is 33.7. The van der Waals surface area contributed by atoms with Gasteiger partial charge < -0.3 is 24.2 Å². The highest BCUT2D eigenvalue weighted by molar-refractivity contribution is 7.89. The van der Waals surface area contributed by atoms with Crippen LogP contribution in [0.3, 0.4) is 0 Å². The molecule has 3 aliphatic heterocycles. The first-order valence-electron chi connectivity index (χ1n) is 16.0. The standard InChI is InChI=1S/C32H42FN7O5S2/c1-21(2)38(4)31(41)26-13-23(33)5-8-27(26)45-28-14-34-20-35-30(28)40-18-32(19-40)9-11-39(12-10-32)15-25-7-6-24(16-44-25)37-47(42,43)29-17-46-22(3)36-29/h5,8,13-14,17,20-21,24-25,37H,6-7,9-12,15-16,18-19H2,1-4H3/t24-,25+/m1/s1. The second-order valence-electron chi connectivity index (χ2n) is 13.2. The minimum absolute atomic E-state index is 0.0621. The fourth-order valence-corrected chi connectivity index (χ4v) is 8.62. The van der Waals surface area contributed by atoms with Crippen molar-refractivity contribution in [3.63, 3.8) is 0 Å². The summed E-state index contributed by atoms with van der Waals surface area (Å²) in [5.41, 5.74) is 0.327. The summed E-state index contributed by atoms with van der Waals surface area (Å²) in [5.74, 6) is 0.491. The van der Waals surface area contributed by atoms with Crippen molar-refractivity contribution in [1.82, 2.24) is 29.5 Å². The van der Waals surface area contributed by atoms with E-state index in [2.05, 4.69) is 29.5 Å². The molecule has 2 atom stereocenters. The molecule has 3 aromatic rings. The van der Waals surface area contributed by atoms with E-state index < -0.39 is 15.8 Å². The number of hydrogen-bond donors (Lipinski definition) is 1. The molecule has 0 aliphatic carbocycles. The highest BCUT2D eigenvalue weighted by Crippen LogP contribution is 2.45. The maximum Gasteiger partial charge on any atom is 0.259 e. The zero-order valence-electron chi connectivity index (χ0n) is 27.2. The van der Waals surface area contributed by atoms with Gasteiger partial charge in [0.1, 0.15) is 17.9 Å². The molecule has 0 saturated carbocycles. The molecule has 3 saturated heterocycles. The van der Waals surface area contributed by atoms with E-state index in [0.717, 1.165) is 63.4 Å². The van der Waals surface area contributed by atoms with Gasteiger partial charge in [0.15, 0.2) is 16.6 Å². The number of halogens is 1. The molecule has 3 fully saturated rings. The fraction of sp³-hybridized carbons (Fsp3) is 0.562. The Hall–Kier alpha value is -3.24. The third-order valence-corrected chi connectivity index (χ3v) is 11.8. The first-order valence-corrected chi connectivity index (χ1v) is 18.4. The number of anilines is 1. The fourth-order valence-electron chi connectivity index (χ4n) is 6.44. The predicted octanol–water partition coefficient (Wildman–Crippen LogP) is 4.08. The van der Waals surface area contributed by atoms with Gasteiger partial charge in [-0.3, -0.25) is 4.79 Å². The van der Waals surface area contributed by atoms with Crippen molar-refractivity contribution in [1.29, 1.82) is 0 Å². The van der Waals surface area contributed by atoms with E-state index in [1.54, 1.807) is 30.4 Å². The number of carbonyl (C=O) groups is 1. The second kappa shape index (κ2) is 13.7. The first-order chi connectivity index (χ1) is 22.4. The Morgan fingerprint density at radius 1 is 1.23 bits per heavy atom. The summed E-state index contributed by atoms with van der Waals surface area (Å²) in [6.45, 7) is 10.4. The van der Waals surface area contributed by atoms with Crippen molar-refractivity contribution < 1.29 is 27.1 Å². The Balaban J connectivity index is 0.996. The van der Waals surface area contributed by atoms with E-state index in [9.17, 15) is 17.6 Å². The summed E-state index contributed by atoms with van der Waals surface area (Å²) in [4.78, 5) is 32.1. The van der Waals surface area contributed by atoms with Crippen LogP contribution in [-0.2, 0) is 14.8 Å². The maximum atomic E-state index is 14.2. The molecule has 6 rings (SSSR count). The smallest absolute Gasteiger partial charge is 0.259 e. The monoisotopic (exact) mass is 687 g/mol. The quantitative estimate of drug-likeness (QED) is 0.333. The zero-order chi connectivity index (χ0) is 33.3. The van der Waals surface area contributed by atoms with Crippen molar-refractivity contribution in [3.05, 3.63) is 52.5 Å². The molecular weight excluding hydrogens is 646 g/mol. The number of nitrogens with zero attached hydrogens (tertiary/aromatic N) is 6. The molecule has 0 unspecified atom stereocenters. The van der Waals surface area contributed by atoms with Crippen LogP contribution in [0.4, 0.5) is 10.2 Å². The van der Waals surface area contributed by atoms with E-state index in [1.807, 2.05) is 13.8 Å². The van der Waals surface area contributed by atoms with Crippen molar-refractivity contribution in [3.8, 4) is 11.5 Å². The van der Waals surface area contributed by atoms with Gasteiger partial charge in [-0.25, -0.2) is 32.5 Å². The van der Waals surface area contributed by atoms with Gasteiger partial charge in [-0.05, 0) is 77.7 Å².